The van der Waals surface area contributed by atoms with Crippen molar-refractivity contribution in [2.75, 3.05) is 24.5 Å². The van der Waals surface area contributed by atoms with Crippen LogP contribution in [0.25, 0.3) is 10.9 Å². The molecule has 0 amide bonds. The van der Waals surface area contributed by atoms with Gasteiger partial charge in [0.15, 0.2) is 5.78 Å². The highest BCUT2D eigenvalue weighted by molar-refractivity contribution is 8.00. The van der Waals surface area contributed by atoms with Crippen molar-refractivity contribution in [3.8, 4) is 0 Å². The van der Waals surface area contributed by atoms with Crippen LogP contribution in [0.4, 0.5) is 10.1 Å². The number of aromatic nitrogens is 2. The summed E-state index contributed by atoms with van der Waals surface area (Å²) in [4.78, 5) is 43.3. The van der Waals surface area contributed by atoms with Crippen LogP contribution in [-0.4, -0.2) is 52.1 Å². The molecule has 0 aliphatic carbocycles. The summed E-state index contributed by atoms with van der Waals surface area (Å²) in [6.07, 6.45) is 3.07. The van der Waals surface area contributed by atoms with E-state index in [0.717, 1.165) is 6.07 Å². The fraction of sp³-hybridized carbons (Fsp3) is 0.273. The number of carboxylic acid groups (broad SMARTS) is 1. The molecule has 2 N–H and O–H groups in total. The molecular weight excluding hydrogens is 435 g/mol. The number of carbonyl (C=O) groups excluding carboxylic acids is 1. The first-order chi connectivity index (χ1) is 15.4. The number of pyridine rings is 2. The lowest BCUT2D eigenvalue weighted by Crippen LogP contribution is -2.55. The number of piperazine rings is 1. The minimum absolute atomic E-state index is 0.0201. The number of nitrogens with one attached hydrogen (secondary N) is 1. The lowest BCUT2D eigenvalue weighted by Gasteiger charge is -2.38. The van der Waals surface area contributed by atoms with Gasteiger partial charge in [-0.15, -0.1) is 0 Å². The number of rotatable bonds is 4. The van der Waals surface area contributed by atoms with Crippen LogP contribution < -0.4 is 15.6 Å². The van der Waals surface area contributed by atoms with E-state index in [1.165, 1.54) is 24.2 Å². The molecule has 0 spiro atoms. The maximum Gasteiger partial charge on any atom is 0.342 e. The van der Waals surface area contributed by atoms with Gasteiger partial charge in [-0.2, -0.15) is 0 Å². The first-order valence-corrected chi connectivity index (χ1v) is 11.0. The van der Waals surface area contributed by atoms with Gasteiger partial charge in [0.25, 0.3) is 0 Å². The molecule has 32 heavy (non-hydrogen) atoms. The Morgan fingerprint density at radius 2 is 2.03 bits per heavy atom. The van der Waals surface area contributed by atoms with Crippen molar-refractivity contribution in [2.45, 2.75) is 23.4 Å². The molecule has 2 aromatic heterocycles. The predicted octanol–water partition coefficient (Wildman–Crippen LogP) is 2.52. The number of halogens is 1. The third-order valence-corrected chi connectivity index (χ3v) is 7.09. The van der Waals surface area contributed by atoms with E-state index in [1.54, 1.807) is 27.7 Å². The van der Waals surface area contributed by atoms with Gasteiger partial charge in [0.05, 0.1) is 21.6 Å². The van der Waals surface area contributed by atoms with E-state index in [4.69, 9.17) is 0 Å². The normalized spacial score (nSPS) is 20.0. The third-order valence-electron chi connectivity index (χ3n) is 5.91. The molecule has 4 heterocycles. The Morgan fingerprint density at radius 3 is 2.72 bits per heavy atom. The van der Waals surface area contributed by atoms with Crippen molar-refractivity contribution in [2.24, 2.45) is 0 Å². The van der Waals surface area contributed by atoms with E-state index in [0.29, 0.717) is 35.7 Å². The van der Waals surface area contributed by atoms with Crippen molar-refractivity contribution < 1.29 is 19.1 Å². The number of anilines is 1. The maximum atomic E-state index is 15.3. The Balaban J connectivity index is 1.66. The van der Waals surface area contributed by atoms with E-state index in [1.807, 2.05) is 6.92 Å². The molecule has 1 saturated heterocycles. The first-order valence-electron chi connectivity index (χ1n) is 10.1. The molecule has 3 aromatic rings. The second kappa shape index (κ2) is 7.72. The monoisotopic (exact) mass is 454 g/mol. The van der Waals surface area contributed by atoms with Gasteiger partial charge in [-0.3, -0.25) is 14.6 Å². The number of ketones is 1. The number of hydrogen-bond acceptors (Lipinski definition) is 7. The number of fused-ring (bicyclic) bond motifs is 3. The van der Waals surface area contributed by atoms with Gasteiger partial charge >= 0.3 is 5.97 Å². The van der Waals surface area contributed by atoms with Gasteiger partial charge < -0.3 is 19.9 Å². The summed E-state index contributed by atoms with van der Waals surface area (Å²) in [5, 5.41) is 13.0. The highest BCUT2D eigenvalue weighted by Gasteiger charge is 2.35. The molecule has 0 radical (unpaired) electrons. The van der Waals surface area contributed by atoms with Crippen LogP contribution in [0, 0.1) is 5.82 Å². The topological polar surface area (TPSA) is 105 Å². The van der Waals surface area contributed by atoms with Crippen molar-refractivity contribution in [3.05, 3.63) is 63.8 Å². The molecule has 5 rings (SSSR count). The zero-order chi connectivity index (χ0) is 22.6. The van der Waals surface area contributed by atoms with Crippen molar-refractivity contribution in [1.29, 1.82) is 0 Å². The quantitative estimate of drug-likeness (QED) is 0.580. The summed E-state index contributed by atoms with van der Waals surface area (Å²) in [6, 6.07) is 5.28. The standard InChI is InChI=1S/C22H19FN4O4S/c1-11-27-15-9-16(14(23)8-13(15)20(29)18(22(30)31)21(27)32-11)26-7-6-25-10-17(26)19(28)12-2-4-24-5-3-12/h2-5,8-9,11,17,25H,6-7,10H2,1H3,(H,30,31). The molecule has 1 fully saturated rings. The summed E-state index contributed by atoms with van der Waals surface area (Å²) in [5.74, 6) is -2.15. The number of carbonyl (C=O) groups is 2. The maximum absolute atomic E-state index is 15.3. The number of nitrogens with zero attached hydrogens (tertiary/aromatic N) is 3. The Kier molecular flexibility index (Phi) is 4.98. The summed E-state index contributed by atoms with van der Waals surface area (Å²) < 4.78 is 17.1. The fourth-order valence-corrected chi connectivity index (χ4v) is 5.53. The Bertz CT molecular complexity index is 1330. The van der Waals surface area contributed by atoms with E-state index in [9.17, 15) is 19.5 Å². The van der Waals surface area contributed by atoms with Crippen LogP contribution in [0.1, 0.15) is 33.0 Å². The lowest BCUT2D eigenvalue weighted by atomic mass is 10.0. The van der Waals surface area contributed by atoms with Crippen LogP contribution in [0.2, 0.25) is 0 Å². The summed E-state index contributed by atoms with van der Waals surface area (Å²) in [6.45, 7) is 3.20. The van der Waals surface area contributed by atoms with Crippen LogP contribution in [-0.2, 0) is 0 Å². The smallest absolute Gasteiger partial charge is 0.342 e. The van der Waals surface area contributed by atoms with Crippen LogP contribution >= 0.6 is 11.8 Å². The van der Waals surface area contributed by atoms with Crippen LogP contribution in [0.15, 0.2) is 46.5 Å². The number of hydrogen-bond donors (Lipinski definition) is 2. The molecule has 164 valence electrons. The molecule has 2 aliphatic heterocycles. The molecule has 8 nitrogen and oxygen atoms in total. The molecule has 1 aromatic carbocycles. The first kappa shape index (κ1) is 20.7. The van der Waals surface area contributed by atoms with Crippen LogP contribution in [0.5, 0.6) is 0 Å². The molecule has 10 heteroatoms. The van der Waals surface area contributed by atoms with E-state index in [-0.39, 0.29) is 27.8 Å². The van der Waals surface area contributed by atoms with Crippen molar-refractivity contribution in [3.63, 3.8) is 0 Å². The lowest BCUT2D eigenvalue weighted by molar-refractivity contribution is 0.0689. The molecule has 0 bridgehead atoms. The van der Waals surface area contributed by atoms with Crippen molar-refractivity contribution >= 4 is 40.1 Å². The number of thioether (sulfide) groups is 1. The number of benzene rings is 1. The number of aromatic carboxylic acids is 1. The van der Waals surface area contributed by atoms with Gasteiger partial charge in [0, 0.05) is 43.0 Å². The molecular formula is C22H19FN4O4S. The fourth-order valence-electron chi connectivity index (χ4n) is 4.38. The van der Waals surface area contributed by atoms with Gasteiger partial charge in [0.2, 0.25) is 5.43 Å². The highest BCUT2D eigenvalue weighted by Crippen LogP contribution is 2.46. The third kappa shape index (κ3) is 3.09. The molecule has 0 saturated carbocycles. The van der Waals surface area contributed by atoms with E-state index >= 15 is 4.39 Å². The largest absolute Gasteiger partial charge is 0.477 e. The Labute approximate surface area is 186 Å². The van der Waals surface area contributed by atoms with Crippen molar-refractivity contribution in [1.82, 2.24) is 14.9 Å². The average molecular weight is 454 g/mol. The van der Waals surface area contributed by atoms with Gasteiger partial charge in [-0.05, 0) is 31.2 Å². The zero-order valence-corrected chi connectivity index (χ0v) is 17.9. The highest BCUT2D eigenvalue weighted by atomic mass is 32.2. The number of carboxylic acids is 1. The van der Waals surface area contributed by atoms with Gasteiger partial charge in [0.1, 0.15) is 17.4 Å². The SMILES string of the molecule is CC1Sc2c(C(=O)O)c(=O)c3cc(F)c(N4CCNCC4C(=O)c4ccncc4)cc3n21. The number of Topliss-reactive ketones (excluding diaryl/α,β-unsaturated/α-hetero) is 1. The average Bonchev–Trinajstić information content (AvgIpc) is 2.78. The second-order valence-corrected chi connectivity index (χ2v) is 9.04. The van der Waals surface area contributed by atoms with Crippen LogP contribution in [0.3, 0.4) is 0 Å². The minimum Gasteiger partial charge on any atom is -0.477 e. The molecule has 2 unspecified atom stereocenters. The summed E-state index contributed by atoms with van der Waals surface area (Å²) in [7, 11) is 0. The Morgan fingerprint density at radius 1 is 1.28 bits per heavy atom. The molecule has 2 aliphatic rings. The summed E-state index contributed by atoms with van der Waals surface area (Å²) >= 11 is 1.29. The van der Waals surface area contributed by atoms with Gasteiger partial charge in [-0.1, -0.05) is 11.8 Å². The Hall–Kier alpha value is -3.24. The van der Waals surface area contributed by atoms with Gasteiger partial charge in [-0.25, -0.2) is 9.18 Å². The zero-order valence-electron chi connectivity index (χ0n) is 17.0. The van der Waals surface area contributed by atoms with E-state index in [2.05, 4.69) is 10.3 Å². The molecule has 2 atom stereocenters. The predicted molar refractivity (Wildman–Crippen MR) is 118 cm³/mol. The summed E-state index contributed by atoms with van der Waals surface area (Å²) in [5.41, 5.74) is 0.129. The van der Waals surface area contributed by atoms with E-state index < -0.39 is 23.3 Å². The second-order valence-electron chi connectivity index (χ2n) is 7.74. The minimum atomic E-state index is -1.32.